The van der Waals surface area contributed by atoms with Crippen LogP contribution in [0.3, 0.4) is 0 Å². The van der Waals surface area contributed by atoms with Gasteiger partial charge in [-0.25, -0.2) is 0 Å². The first-order chi connectivity index (χ1) is 8.08. The molecular formula is C14H32N2O2. The van der Waals surface area contributed by atoms with Crippen molar-refractivity contribution in [3.8, 4) is 0 Å². The summed E-state index contributed by atoms with van der Waals surface area (Å²) in [6.45, 7) is 10.8. The molecule has 0 aromatic carbocycles. The maximum atomic E-state index is 12.0. The first-order valence-corrected chi connectivity index (χ1v) is 6.57. The van der Waals surface area contributed by atoms with Crippen LogP contribution in [0.1, 0.15) is 56.7 Å². The Kier molecular flexibility index (Phi) is 6.36. The lowest BCUT2D eigenvalue weighted by molar-refractivity contribution is -0.130. The molecule has 0 saturated heterocycles. The molecule has 18 heavy (non-hydrogen) atoms. The molecule has 110 valence electrons. The highest BCUT2D eigenvalue weighted by Gasteiger charge is 2.28. The lowest BCUT2D eigenvalue weighted by Crippen LogP contribution is -2.39. The summed E-state index contributed by atoms with van der Waals surface area (Å²) in [5.41, 5.74) is -0.143. The Hall–Kier alpha value is -1.06. The van der Waals surface area contributed by atoms with Crippen molar-refractivity contribution in [1.82, 2.24) is 10.6 Å². The molecule has 0 spiro atoms. The standard InChI is InChI=1S/C14H28N2O2.2H2/c1-13(2,3)8-9-14(4,5)12(18)16-10-7-11(17)15-6;;/h7-10H2,1-6H3,(H,15,17)(H,16,18);2*1H. The summed E-state index contributed by atoms with van der Waals surface area (Å²) in [5, 5.41) is 5.36. The Bertz CT molecular complexity index is 300. The highest BCUT2D eigenvalue weighted by molar-refractivity contribution is 5.82. The smallest absolute Gasteiger partial charge is 0.225 e. The first kappa shape index (κ1) is 16.9. The first-order valence-electron chi connectivity index (χ1n) is 6.57. The molecule has 0 heterocycles. The third-order valence-corrected chi connectivity index (χ3v) is 3.03. The van der Waals surface area contributed by atoms with Gasteiger partial charge < -0.3 is 10.6 Å². The summed E-state index contributed by atoms with van der Waals surface area (Å²) in [7, 11) is 1.59. The fourth-order valence-corrected chi connectivity index (χ4v) is 1.45. The Balaban J connectivity index is -0.00000144. The summed E-state index contributed by atoms with van der Waals surface area (Å²) < 4.78 is 0. The molecule has 0 aromatic heterocycles. The van der Waals surface area contributed by atoms with Crippen LogP contribution >= 0.6 is 0 Å². The van der Waals surface area contributed by atoms with Gasteiger partial charge in [0.15, 0.2) is 0 Å². The SMILES string of the molecule is CNC(=O)CCNC(=O)C(C)(C)CCC(C)(C)C.[HH].[HH]. The van der Waals surface area contributed by atoms with Gasteiger partial charge in [-0.1, -0.05) is 34.6 Å². The highest BCUT2D eigenvalue weighted by Crippen LogP contribution is 2.30. The molecule has 0 unspecified atom stereocenters. The molecule has 2 amide bonds. The topological polar surface area (TPSA) is 58.2 Å². The Morgan fingerprint density at radius 1 is 1.06 bits per heavy atom. The summed E-state index contributed by atoms with van der Waals surface area (Å²) in [6.07, 6.45) is 2.18. The third kappa shape index (κ3) is 7.30. The molecule has 0 saturated carbocycles. The normalized spacial score (nSPS) is 12.1. The van der Waals surface area contributed by atoms with Crippen molar-refractivity contribution < 1.29 is 12.4 Å². The van der Waals surface area contributed by atoms with E-state index in [-0.39, 0.29) is 25.5 Å². The van der Waals surface area contributed by atoms with Gasteiger partial charge in [0, 0.05) is 28.3 Å². The van der Waals surface area contributed by atoms with E-state index in [1.54, 1.807) is 7.05 Å². The quantitative estimate of drug-likeness (QED) is 0.771. The molecule has 0 bridgehead atoms. The highest BCUT2D eigenvalue weighted by atomic mass is 16.2. The van der Waals surface area contributed by atoms with E-state index < -0.39 is 0 Å². The number of hydrogen-bond donors (Lipinski definition) is 2. The number of hydrogen-bond acceptors (Lipinski definition) is 2. The van der Waals surface area contributed by atoms with Crippen LogP contribution in [0.5, 0.6) is 0 Å². The van der Waals surface area contributed by atoms with Gasteiger partial charge in [-0.2, -0.15) is 0 Å². The van der Waals surface area contributed by atoms with Crippen molar-refractivity contribution >= 4 is 11.8 Å². The molecule has 4 nitrogen and oxygen atoms in total. The fraction of sp³-hybridized carbons (Fsp3) is 0.857. The van der Waals surface area contributed by atoms with Crippen LogP contribution in [0, 0.1) is 10.8 Å². The van der Waals surface area contributed by atoms with Crippen molar-refractivity contribution in [2.45, 2.75) is 53.9 Å². The number of nitrogens with one attached hydrogen (secondary N) is 2. The van der Waals surface area contributed by atoms with Crippen LogP contribution < -0.4 is 10.6 Å². The van der Waals surface area contributed by atoms with Crippen molar-refractivity contribution in [3.05, 3.63) is 0 Å². The minimum atomic E-state index is -0.379. The van der Waals surface area contributed by atoms with Gasteiger partial charge in [-0.3, -0.25) is 9.59 Å². The van der Waals surface area contributed by atoms with Crippen molar-refractivity contribution in [2.24, 2.45) is 10.8 Å². The van der Waals surface area contributed by atoms with Crippen molar-refractivity contribution in [2.75, 3.05) is 13.6 Å². The molecular weight excluding hydrogens is 228 g/mol. The molecule has 2 N–H and O–H groups in total. The van der Waals surface area contributed by atoms with Crippen LogP contribution in [-0.4, -0.2) is 25.4 Å². The van der Waals surface area contributed by atoms with Crippen molar-refractivity contribution in [1.29, 1.82) is 0 Å². The van der Waals surface area contributed by atoms with Gasteiger partial charge in [0.25, 0.3) is 0 Å². The summed E-state index contributed by atoms with van der Waals surface area (Å²) in [4.78, 5) is 23.0. The summed E-state index contributed by atoms with van der Waals surface area (Å²) in [5.74, 6) is -0.0292. The van der Waals surface area contributed by atoms with Crippen LogP contribution in [0.2, 0.25) is 0 Å². The van der Waals surface area contributed by atoms with E-state index in [1.807, 2.05) is 13.8 Å². The number of amides is 2. The second-order valence-corrected chi connectivity index (χ2v) is 6.62. The molecule has 0 radical (unpaired) electrons. The second-order valence-electron chi connectivity index (χ2n) is 6.62. The number of rotatable bonds is 6. The van der Waals surface area contributed by atoms with Crippen LogP contribution in [0.25, 0.3) is 0 Å². The van der Waals surface area contributed by atoms with Crippen molar-refractivity contribution in [3.63, 3.8) is 0 Å². The minimum Gasteiger partial charge on any atom is -0.359 e. The van der Waals surface area contributed by atoms with Crippen LogP contribution in [-0.2, 0) is 9.59 Å². The van der Waals surface area contributed by atoms with Gasteiger partial charge in [0.2, 0.25) is 11.8 Å². The minimum absolute atomic E-state index is 0. The zero-order valence-electron chi connectivity index (χ0n) is 12.6. The van der Waals surface area contributed by atoms with Gasteiger partial charge in [-0.15, -0.1) is 0 Å². The van der Waals surface area contributed by atoms with Crippen LogP contribution in [0.15, 0.2) is 0 Å². The zero-order chi connectivity index (χ0) is 14.4. The molecule has 0 aliphatic heterocycles. The molecule has 0 fully saturated rings. The molecule has 0 aromatic rings. The van der Waals surface area contributed by atoms with E-state index in [2.05, 4.69) is 31.4 Å². The average Bonchev–Trinajstić information content (AvgIpc) is 2.25. The number of carbonyl (C=O) groups excluding carboxylic acids is 2. The summed E-state index contributed by atoms with van der Waals surface area (Å²) in [6, 6.07) is 0. The molecule has 0 rings (SSSR count). The average molecular weight is 260 g/mol. The third-order valence-electron chi connectivity index (χ3n) is 3.03. The number of carbonyl (C=O) groups is 2. The maximum Gasteiger partial charge on any atom is 0.225 e. The zero-order valence-corrected chi connectivity index (χ0v) is 12.6. The molecule has 0 aliphatic carbocycles. The monoisotopic (exact) mass is 260 g/mol. The maximum absolute atomic E-state index is 12.0. The lowest BCUT2D eigenvalue weighted by Gasteiger charge is -2.27. The Morgan fingerprint density at radius 3 is 2.06 bits per heavy atom. The van der Waals surface area contributed by atoms with Gasteiger partial charge in [0.05, 0.1) is 0 Å². The van der Waals surface area contributed by atoms with E-state index in [0.717, 1.165) is 12.8 Å². The predicted octanol–water partition coefficient (Wildman–Crippen LogP) is 2.58. The Labute approximate surface area is 114 Å². The lowest BCUT2D eigenvalue weighted by atomic mass is 9.79. The molecule has 4 heteroatoms. The predicted molar refractivity (Wildman–Crippen MR) is 78.4 cm³/mol. The largest absolute Gasteiger partial charge is 0.359 e. The Morgan fingerprint density at radius 2 is 1.61 bits per heavy atom. The molecule has 0 atom stereocenters. The van der Waals surface area contributed by atoms with E-state index >= 15 is 0 Å². The molecule has 0 aliphatic rings. The second kappa shape index (κ2) is 6.76. The van der Waals surface area contributed by atoms with Crippen LogP contribution in [0.4, 0.5) is 0 Å². The van der Waals surface area contributed by atoms with E-state index in [9.17, 15) is 9.59 Å². The van der Waals surface area contributed by atoms with E-state index in [4.69, 9.17) is 0 Å². The van der Waals surface area contributed by atoms with E-state index in [0.29, 0.717) is 13.0 Å². The van der Waals surface area contributed by atoms with Gasteiger partial charge in [0.1, 0.15) is 0 Å². The van der Waals surface area contributed by atoms with Gasteiger partial charge >= 0.3 is 0 Å². The summed E-state index contributed by atoms with van der Waals surface area (Å²) >= 11 is 0. The van der Waals surface area contributed by atoms with Gasteiger partial charge in [-0.05, 0) is 18.3 Å². The fourth-order valence-electron chi connectivity index (χ4n) is 1.45. The van der Waals surface area contributed by atoms with E-state index in [1.165, 1.54) is 0 Å².